The Morgan fingerprint density at radius 1 is 0.717 bits per heavy atom. The van der Waals surface area contributed by atoms with Crippen LogP contribution in [0.4, 0.5) is 18.9 Å². The van der Waals surface area contributed by atoms with E-state index in [0.717, 1.165) is 5.56 Å². The molecule has 0 spiro atoms. The molecule has 3 rings (SSSR count). The van der Waals surface area contributed by atoms with Crippen LogP contribution in [0.1, 0.15) is 36.0 Å². The summed E-state index contributed by atoms with van der Waals surface area (Å²) in [5.74, 6) is -6.96. The quantitative estimate of drug-likeness (QED) is 0.0417. The second-order valence-electron chi connectivity index (χ2n) is 11.6. The number of carboxylic acids is 1. The van der Waals surface area contributed by atoms with Crippen molar-refractivity contribution in [3.05, 3.63) is 102 Å². The molecule has 0 radical (unpaired) electrons. The van der Waals surface area contributed by atoms with Crippen LogP contribution in [0.15, 0.2) is 84.9 Å². The molecule has 2 unspecified atom stereocenters. The van der Waals surface area contributed by atoms with Gasteiger partial charge in [-0.2, -0.15) is 13.2 Å². The van der Waals surface area contributed by atoms with E-state index in [-0.39, 0.29) is 31.1 Å². The summed E-state index contributed by atoms with van der Waals surface area (Å²) in [5.41, 5.74) is 19.0. The molecule has 0 bridgehead atoms. The molecule has 18 heteroatoms. The van der Waals surface area contributed by atoms with E-state index >= 15 is 0 Å². The Kier molecular flexibility index (Phi) is 16.9. The molecule has 0 saturated carbocycles. The highest BCUT2D eigenvalue weighted by molar-refractivity contribution is 6.07. The van der Waals surface area contributed by atoms with Gasteiger partial charge in [-0.15, -0.1) is 0 Å². The molecular weight excluding hydrogens is 699 g/mol. The number of guanidine groups is 1. The molecule has 15 nitrogen and oxygen atoms in total. The topological polar surface area (TPSA) is 279 Å². The van der Waals surface area contributed by atoms with Crippen molar-refractivity contribution in [3.63, 3.8) is 0 Å². The van der Waals surface area contributed by atoms with Crippen molar-refractivity contribution < 1.29 is 42.3 Å². The Labute approximate surface area is 302 Å². The van der Waals surface area contributed by atoms with Crippen LogP contribution >= 0.6 is 0 Å². The predicted octanol–water partition coefficient (Wildman–Crippen LogP) is 1.75. The number of nitrogen functional groups attached to an aromatic ring is 1. The zero-order valence-electron chi connectivity index (χ0n) is 28.4. The Hall–Kier alpha value is -6.46. The van der Waals surface area contributed by atoms with Gasteiger partial charge in [-0.25, -0.2) is 4.79 Å². The van der Waals surface area contributed by atoms with Crippen molar-refractivity contribution in [2.75, 3.05) is 11.9 Å². The summed E-state index contributed by atoms with van der Waals surface area (Å²) >= 11 is 0. The van der Waals surface area contributed by atoms with Gasteiger partial charge in [-0.1, -0.05) is 72.8 Å². The number of rotatable bonds is 17. The van der Waals surface area contributed by atoms with Gasteiger partial charge in [-0.3, -0.25) is 30.0 Å². The molecule has 3 aromatic carbocycles. The van der Waals surface area contributed by atoms with E-state index in [1.54, 1.807) is 54.6 Å². The number of benzene rings is 3. The van der Waals surface area contributed by atoms with Crippen LogP contribution in [0.3, 0.4) is 0 Å². The van der Waals surface area contributed by atoms with Crippen LogP contribution in [-0.4, -0.2) is 71.3 Å². The highest BCUT2D eigenvalue weighted by Gasteiger charge is 2.38. The Morgan fingerprint density at radius 2 is 1.26 bits per heavy atom. The van der Waals surface area contributed by atoms with Gasteiger partial charge in [0.05, 0.1) is 0 Å². The summed E-state index contributed by atoms with van der Waals surface area (Å²) in [7, 11) is 0. The Morgan fingerprint density at radius 3 is 1.77 bits per heavy atom. The molecule has 0 aliphatic heterocycles. The monoisotopic (exact) mass is 741 g/mol. The maximum Gasteiger partial charge on any atom is 0.490 e. The van der Waals surface area contributed by atoms with Gasteiger partial charge in [0.2, 0.25) is 23.6 Å². The van der Waals surface area contributed by atoms with E-state index < -0.39 is 53.8 Å². The molecule has 0 aromatic heterocycles. The number of primary amides is 1. The average Bonchev–Trinajstić information content (AvgIpc) is 3.10. The fourth-order valence-electron chi connectivity index (χ4n) is 4.70. The number of amidine groups is 1. The van der Waals surface area contributed by atoms with Crippen molar-refractivity contribution in [3.8, 4) is 0 Å². The number of carbonyl (C=O) groups is 5. The summed E-state index contributed by atoms with van der Waals surface area (Å²) < 4.78 is 31.7. The van der Waals surface area contributed by atoms with E-state index in [1.807, 2.05) is 30.3 Å². The molecule has 284 valence electrons. The first kappa shape index (κ1) is 42.7. The normalized spacial score (nSPS) is 12.4. The second-order valence-corrected chi connectivity index (χ2v) is 11.6. The molecule has 0 aliphatic carbocycles. The van der Waals surface area contributed by atoms with E-state index in [4.69, 9.17) is 37.9 Å². The van der Waals surface area contributed by atoms with Crippen LogP contribution in [0, 0.1) is 16.7 Å². The van der Waals surface area contributed by atoms with E-state index in [2.05, 4.69) is 21.3 Å². The van der Waals surface area contributed by atoms with Crippen LogP contribution in [-0.2, 0) is 36.8 Å². The lowest BCUT2D eigenvalue weighted by Gasteiger charge is -2.24. The zero-order valence-corrected chi connectivity index (χ0v) is 28.4. The number of carbonyl (C=O) groups excluding carboxylic acids is 4. The molecule has 0 fully saturated rings. The molecular formula is C35H42F3N9O6. The average molecular weight is 742 g/mol. The van der Waals surface area contributed by atoms with Crippen molar-refractivity contribution in [2.24, 2.45) is 23.1 Å². The number of aliphatic carboxylic acids is 1. The summed E-state index contributed by atoms with van der Waals surface area (Å²) in [6.07, 6.45) is -3.91. The number of nitrogens with one attached hydrogen (secondary N) is 6. The number of hydrogen-bond donors (Lipinski definition) is 10. The number of alkyl halides is 3. The molecule has 53 heavy (non-hydrogen) atoms. The molecule has 4 amide bonds. The summed E-state index contributed by atoms with van der Waals surface area (Å²) in [4.78, 5) is 62.0. The highest BCUT2D eigenvalue weighted by atomic mass is 19.4. The molecule has 0 saturated heterocycles. The predicted molar refractivity (Wildman–Crippen MR) is 190 cm³/mol. The van der Waals surface area contributed by atoms with Crippen LogP contribution < -0.4 is 38.5 Å². The summed E-state index contributed by atoms with van der Waals surface area (Å²) in [6.45, 7) is 0.300. The molecule has 0 aliphatic rings. The Bertz CT molecular complexity index is 1710. The first-order valence-corrected chi connectivity index (χ1v) is 16.1. The first-order valence-electron chi connectivity index (χ1n) is 16.1. The van der Waals surface area contributed by atoms with Gasteiger partial charge < -0.3 is 43.6 Å². The van der Waals surface area contributed by atoms with Crippen LogP contribution in [0.2, 0.25) is 0 Å². The van der Waals surface area contributed by atoms with Crippen LogP contribution in [0.25, 0.3) is 0 Å². The third-order valence-electron chi connectivity index (χ3n) is 7.46. The fourth-order valence-corrected chi connectivity index (χ4v) is 4.70. The van der Waals surface area contributed by atoms with Gasteiger partial charge in [0.25, 0.3) is 0 Å². The number of halogens is 3. The van der Waals surface area contributed by atoms with Gasteiger partial charge in [0.1, 0.15) is 23.8 Å². The van der Waals surface area contributed by atoms with Crippen molar-refractivity contribution in [1.29, 1.82) is 10.8 Å². The summed E-state index contributed by atoms with van der Waals surface area (Å²) in [5, 5.41) is 32.8. The van der Waals surface area contributed by atoms with Crippen molar-refractivity contribution in [2.45, 2.75) is 50.4 Å². The first-order chi connectivity index (χ1) is 25.0. The van der Waals surface area contributed by atoms with Crippen LogP contribution in [0.5, 0.6) is 0 Å². The Balaban J connectivity index is 0.00000126. The number of nitrogens with two attached hydrogens (primary N) is 3. The molecule has 13 N–H and O–H groups in total. The fraction of sp³-hybridized carbons (Fsp3) is 0.286. The lowest BCUT2D eigenvalue weighted by Crippen LogP contribution is -2.54. The second kappa shape index (κ2) is 21.0. The lowest BCUT2D eigenvalue weighted by molar-refractivity contribution is -0.192. The van der Waals surface area contributed by atoms with Crippen molar-refractivity contribution in [1.82, 2.24) is 16.0 Å². The number of hydrogen-bond acceptors (Lipinski definition) is 7. The van der Waals surface area contributed by atoms with Gasteiger partial charge >= 0.3 is 12.1 Å². The minimum atomic E-state index is -5.08. The third-order valence-corrected chi connectivity index (χ3v) is 7.46. The minimum absolute atomic E-state index is 0.00275. The number of carboxylic acid groups (broad SMARTS) is 1. The maximum absolute atomic E-state index is 13.8. The SMILES string of the molecule is N=C(N)NCCC[C@H](NC(=O)C(CCc1ccccc1)NC(=O)C(Cc1ccc(C(=N)N)cc1)C(=O)Nc1ccccc1)C(N)=O.O=C(O)C(F)(F)F. The molecule has 3 aromatic rings. The van der Waals surface area contributed by atoms with Crippen molar-refractivity contribution >= 4 is 47.1 Å². The third kappa shape index (κ3) is 16.0. The number of para-hydroxylation sites is 1. The number of anilines is 1. The smallest absolute Gasteiger partial charge is 0.475 e. The largest absolute Gasteiger partial charge is 0.490 e. The van der Waals surface area contributed by atoms with E-state index in [1.165, 1.54) is 0 Å². The maximum atomic E-state index is 13.8. The lowest BCUT2D eigenvalue weighted by atomic mass is 9.95. The van der Waals surface area contributed by atoms with Gasteiger partial charge in [-0.05, 0) is 55.4 Å². The summed E-state index contributed by atoms with van der Waals surface area (Å²) in [6, 6.07) is 22.6. The van der Waals surface area contributed by atoms with Gasteiger partial charge in [0.15, 0.2) is 5.96 Å². The minimum Gasteiger partial charge on any atom is -0.475 e. The number of amides is 4. The van der Waals surface area contributed by atoms with E-state index in [9.17, 15) is 32.3 Å². The number of aryl methyl sites for hydroxylation is 1. The highest BCUT2D eigenvalue weighted by Crippen LogP contribution is 2.16. The standard InChI is InChI=1S/C33H41N9O4.C2HF3O2/c34-28(35)23-16-13-22(14-17-23)20-25(30(44)40-24-10-5-2-6-11-24)31(45)42-27(18-15-21-8-3-1-4-9-21)32(46)41-26(29(36)43)12-7-19-39-33(37)38;3-2(4,5)1(6)7/h1-6,8-11,13-14,16-17,25-27H,7,12,15,18-20H2,(H3,34,35)(H2,36,43)(H,40,44)(H,41,46)(H,42,45)(H4,37,38,39);(H,6,7)/t25?,26-,27?;/m0./s1. The van der Waals surface area contributed by atoms with Gasteiger partial charge in [0, 0.05) is 17.8 Å². The molecule has 3 atom stereocenters. The molecule has 0 heterocycles. The zero-order chi connectivity index (χ0) is 39.6. The van der Waals surface area contributed by atoms with E-state index in [0.29, 0.717) is 36.2 Å².